The fraction of sp³-hybridized carbons (Fsp3) is 0.600. The third-order valence-corrected chi connectivity index (χ3v) is 2.66. The van der Waals surface area contributed by atoms with Crippen LogP contribution in [-0.4, -0.2) is 57.8 Å². The zero-order valence-electron chi connectivity index (χ0n) is 12.3. The van der Waals surface area contributed by atoms with Crippen molar-refractivity contribution in [3.8, 4) is 5.75 Å². The lowest BCUT2D eigenvalue weighted by Gasteiger charge is -2.12. The molecule has 5 nitrogen and oxygen atoms in total. The van der Waals surface area contributed by atoms with Crippen molar-refractivity contribution in [3.63, 3.8) is 0 Å². The molecule has 0 heterocycles. The van der Waals surface area contributed by atoms with Gasteiger partial charge in [0.2, 0.25) is 0 Å². The average Bonchev–Trinajstić information content (AvgIpc) is 2.43. The van der Waals surface area contributed by atoms with Crippen LogP contribution in [0.2, 0.25) is 0 Å². The highest BCUT2D eigenvalue weighted by molar-refractivity contribution is 5.27. The number of rotatable bonds is 11. The SMILES string of the molecule is COCCOCC(O)CNCCOc1cccc(C)c1. The third kappa shape index (κ3) is 8.12. The molecule has 0 aromatic heterocycles. The second-order valence-corrected chi connectivity index (χ2v) is 4.59. The molecular formula is C15H25NO4. The molecule has 20 heavy (non-hydrogen) atoms. The fourth-order valence-electron chi connectivity index (χ4n) is 1.64. The summed E-state index contributed by atoms with van der Waals surface area (Å²) in [7, 11) is 1.62. The highest BCUT2D eigenvalue weighted by Gasteiger charge is 2.03. The predicted molar refractivity (Wildman–Crippen MR) is 78.2 cm³/mol. The maximum atomic E-state index is 9.63. The Morgan fingerprint density at radius 1 is 1.25 bits per heavy atom. The minimum absolute atomic E-state index is 0.315. The van der Waals surface area contributed by atoms with Gasteiger partial charge in [-0.05, 0) is 24.6 Å². The highest BCUT2D eigenvalue weighted by Crippen LogP contribution is 2.11. The summed E-state index contributed by atoms with van der Waals surface area (Å²) in [6.45, 7) is 5.14. The first-order valence-electron chi connectivity index (χ1n) is 6.87. The average molecular weight is 283 g/mol. The molecule has 0 spiro atoms. The first kappa shape index (κ1) is 16.9. The van der Waals surface area contributed by atoms with Crippen LogP contribution in [0.3, 0.4) is 0 Å². The van der Waals surface area contributed by atoms with Crippen LogP contribution >= 0.6 is 0 Å². The van der Waals surface area contributed by atoms with Gasteiger partial charge in [0.05, 0.1) is 25.9 Å². The fourth-order valence-corrected chi connectivity index (χ4v) is 1.64. The smallest absolute Gasteiger partial charge is 0.119 e. The molecule has 1 rings (SSSR count). The largest absolute Gasteiger partial charge is 0.492 e. The molecule has 0 aliphatic carbocycles. The number of aliphatic hydroxyl groups is 1. The van der Waals surface area contributed by atoms with Gasteiger partial charge in [-0.1, -0.05) is 12.1 Å². The molecule has 0 aliphatic heterocycles. The molecule has 114 valence electrons. The molecule has 0 saturated heterocycles. The molecule has 1 aromatic carbocycles. The van der Waals surface area contributed by atoms with Gasteiger partial charge in [0.25, 0.3) is 0 Å². The van der Waals surface area contributed by atoms with Gasteiger partial charge >= 0.3 is 0 Å². The minimum Gasteiger partial charge on any atom is -0.492 e. The molecule has 5 heteroatoms. The number of aryl methyl sites for hydroxylation is 1. The van der Waals surface area contributed by atoms with Gasteiger partial charge < -0.3 is 24.6 Å². The van der Waals surface area contributed by atoms with Crippen molar-refractivity contribution in [2.75, 3.05) is 46.6 Å². The Morgan fingerprint density at radius 3 is 2.85 bits per heavy atom. The maximum absolute atomic E-state index is 9.63. The summed E-state index contributed by atoms with van der Waals surface area (Å²) in [6.07, 6.45) is -0.508. The van der Waals surface area contributed by atoms with Gasteiger partial charge in [0.15, 0.2) is 0 Å². The first-order valence-corrected chi connectivity index (χ1v) is 6.87. The highest BCUT2D eigenvalue weighted by atomic mass is 16.5. The Kier molecular flexibility index (Phi) is 8.98. The Hall–Kier alpha value is -1.14. The van der Waals surface area contributed by atoms with E-state index in [1.54, 1.807) is 7.11 Å². The molecule has 0 fully saturated rings. The third-order valence-electron chi connectivity index (χ3n) is 2.66. The standard InChI is InChI=1S/C15H25NO4/c1-13-4-3-5-15(10-13)20-7-6-16-11-14(17)12-19-9-8-18-2/h3-5,10,14,16-17H,6-9,11-12H2,1-2H3. The van der Waals surface area contributed by atoms with E-state index in [1.165, 1.54) is 5.56 Å². The quantitative estimate of drug-likeness (QED) is 0.593. The summed E-state index contributed by atoms with van der Waals surface area (Å²) in [6, 6.07) is 7.94. The van der Waals surface area contributed by atoms with Crippen LogP contribution in [-0.2, 0) is 9.47 Å². The van der Waals surface area contributed by atoms with Crippen LogP contribution in [0.4, 0.5) is 0 Å². The lowest BCUT2D eigenvalue weighted by Crippen LogP contribution is -2.33. The molecule has 0 saturated carbocycles. The zero-order valence-corrected chi connectivity index (χ0v) is 12.3. The Morgan fingerprint density at radius 2 is 2.10 bits per heavy atom. The number of nitrogens with one attached hydrogen (secondary N) is 1. The van der Waals surface area contributed by atoms with E-state index in [4.69, 9.17) is 14.2 Å². The van der Waals surface area contributed by atoms with E-state index >= 15 is 0 Å². The summed E-state index contributed by atoms with van der Waals surface area (Å²) in [5, 5.41) is 12.8. The number of hydrogen-bond donors (Lipinski definition) is 2. The first-order chi connectivity index (χ1) is 9.72. The van der Waals surface area contributed by atoms with E-state index in [1.807, 2.05) is 31.2 Å². The van der Waals surface area contributed by atoms with Crippen LogP contribution in [0.1, 0.15) is 5.56 Å². The van der Waals surface area contributed by atoms with E-state index in [-0.39, 0.29) is 0 Å². The number of ether oxygens (including phenoxy) is 3. The van der Waals surface area contributed by atoms with Crippen molar-refractivity contribution in [2.45, 2.75) is 13.0 Å². The molecule has 1 unspecified atom stereocenters. The van der Waals surface area contributed by atoms with Gasteiger partial charge in [0, 0.05) is 20.2 Å². The summed E-state index contributed by atoms with van der Waals surface area (Å²) < 4.78 is 15.7. The second kappa shape index (κ2) is 10.6. The summed E-state index contributed by atoms with van der Waals surface area (Å²) in [5.74, 6) is 0.871. The van der Waals surface area contributed by atoms with E-state index < -0.39 is 6.10 Å². The monoisotopic (exact) mass is 283 g/mol. The van der Waals surface area contributed by atoms with Crippen molar-refractivity contribution in [1.82, 2.24) is 5.32 Å². The van der Waals surface area contributed by atoms with Gasteiger partial charge in [-0.25, -0.2) is 0 Å². The molecule has 0 radical (unpaired) electrons. The Labute approximate surface area is 120 Å². The van der Waals surface area contributed by atoms with Gasteiger partial charge in [0.1, 0.15) is 12.4 Å². The normalized spacial score (nSPS) is 12.3. The molecule has 2 N–H and O–H groups in total. The Bertz CT molecular complexity index is 359. The van der Waals surface area contributed by atoms with E-state index in [0.29, 0.717) is 39.5 Å². The molecule has 1 atom stereocenters. The predicted octanol–water partition coefficient (Wildman–Crippen LogP) is 0.987. The van der Waals surface area contributed by atoms with Crippen molar-refractivity contribution in [1.29, 1.82) is 0 Å². The van der Waals surface area contributed by atoms with E-state index in [9.17, 15) is 5.11 Å². The zero-order chi connectivity index (χ0) is 14.6. The lowest BCUT2D eigenvalue weighted by atomic mass is 10.2. The van der Waals surface area contributed by atoms with Crippen molar-refractivity contribution in [2.24, 2.45) is 0 Å². The molecule has 0 aliphatic rings. The van der Waals surface area contributed by atoms with Crippen LogP contribution in [0.25, 0.3) is 0 Å². The topological polar surface area (TPSA) is 60.0 Å². The molecule has 0 amide bonds. The van der Waals surface area contributed by atoms with Crippen LogP contribution < -0.4 is 10.1 Å². The Balaban J connectivity index is 1.98. The summed E-state index contributed by atoms with van der Waals surface area (Å²) in [4.78, 5) is 0. The molecular weight excluding hydrogens is 258 g/mol. The van der Waals surface area contributed by atoms with Crippen molar-refractivity contribution >= 4 is 0 Å². The van der Waals surface area contributed by atoms with Crippen LogP contribution in [0.15, 0.2) is 24.3 Å². The lowest BCUT2D eigenvalue weighted by molar-refractivity contribution is 0.0136. The van der Waals surface area contributed by atoms with E-state index in [2.05, 4.69) is 5.32 Å². The van der Waals surface area contributed by atoms with Crippen LogP contribution in [0, 0.1) is 6.92 Å². The van der Waals surface area contributed by atoms with Crippen LogP contribution in [0.5, 0.6) is 5.75 Å². The molecule has 1 aromatic rings. The van der Waals surface area contributed by atoms with Gasteiger partial charge in [-0.3, -0.25) is 0 Å². The van der Waals surface area contributed by atoms with E-state index in [0.717, 1.165) is 5.75 Å². The summed E-state index contributed by atoms with van der Waals surface area (Å²) >= 11 is 0. The van der Waals surface area contributed by atoms with Gasteiger partial charge in [-0.15, -0.1) is 0 Å². The van der Waals surface area contributed by atoms with Crippen molar-refractivity contribution in [3.05, 3.63) is 29.8 Å². The van der Waals surface area contributed by atoms with Crippen molar-refractivity contribution < 1.29 is 19.3 Å². The maximum Gasteiger partial charge on any atom is 0.119 e. The minimum atomic E-state index is -0.508. The second-order valence-electron chi connectivity index (χ2n) is 4.59. The number of aliphatic hydroxyl groups excluding tert-OH is 1. The number of methoxy groups -OCH3 is 1. The van der Waals surface area contributed by atoms with Gasteiger partial charge in [-0.2, -0.15) is 0 Å². The molecule has 0 bridgehead atoms. The number of hydrogen-bond acceptors (Lipinski definition) is 5. The summed E-state index contributed by atoms with van der Waals surface area (Å²) in [5.41, 5.74) is 1.18. The number of benzene rings is 1.